The quantitative estimate of drug-likeness (QED) is 0.281. The second-order valence-electron chi connectivity index (χ2n) is 7.09. The Morgan fingerprint density at radius 3 is 2.83 bits per heavy atom. The third kappa shape index (κ3) is 3.79. The summed E-state index contributed by atoms with van der Waals surface area (Å²) in [5.74, 6) is 1.76. The molecule has 0 aliphatic heterocycles. The number of halogens is 1. The van der Waals surface area contributed by atoms with Crippen molar-refractivity contribution in [1.29, 1.82) is 0 Å². The number of aliphatic hydroxyl groups excluding tert-OH is 1. The summed E-state index contributed by atoms with van der Waals surface area (Å²) < 4.78 is 4.84. The third-order valence-electron chi connectivity index (χ3n) is 5.04. The molecular weight excluding hydrogens is 491 g/mol. The lowest BCUT2D eigenvalue weighted by Gasteiger charge is -2.12. The van der Waals surface area contributed by atoms with Crippen LogP contribution in [-0.4, -0.2) is 29.3 Å². The largest absolute Gasteiger partial charge is 0.515 e. The van der Waals surface area contributed by atoms with Crippen molar-refractivity contribution < 1.29 is 5.11 Å². The molecule has 0 saturated heterocycles. The molecule has 7 nitrogen and oxygen atoms in total. The molecule has 0 radical (unpaired) electrons. The first kappa shape index (κ1) is 20.4. The lowest BCUT2D eigenvalue weighted by atomic mass is 10.1. The molecule has 4 aromatic rings. The van der Waals surface area contributed by atoms with E-state index in [1.807, 2.05) is 48.3 Å². The van der Waals surface area contributed by atoms with Crippen LogP contribution < -0.4 is 5.32 Å². The van der Waals surface area contributed by atoms with E-state index < -0.39 is 0 Å². The first-order chi connectivity index (χ1) is 14.5. The highest BCUT2D eigenvalue weighted by atomic mass is 127. The van der Waals surface area contributed by atoms with Gasteiger partial charge in [0.2, 0.25) is 0 Å². The number of benzene rings is 1. The van der Waals surface area contributed by atoms with Gasteiger partial charge in [0.05, 0.1) is 21.2 Å². The lowest BCUT2D eigenvalue weighted by Crippen LogP contribution is -2.08. The minimum atomic E-state index is 0.622. The fraction of sp³-hybridized carbons (Fsp3) is 0.227. The lowest BCUT2D eigenvalue weighted by molar-refractivity contribution is 0.474. The van der Waals surface area contributed by atoms with Crippen LogP contribution >= 0.6 is 22.6 Å². The van der Waals surface area contributed by atoms with Crippen molar-refractivity contribution in [2.45, 2.75) is 26.8 Å². The van der Waals surface area contributed by atoms with Gasteiger partial charge in [-0.25, -0.2) is 9.97 Å². The summed E-state index contributed by atoms with van der Waals surface area (Å²) in [5, 5.41) is 17.7. The summed E-state index contributed by atoms with van der Waals surface area (Å²) in [6.45, 7) is 4.59. The maximum Gasteiger partial charge on any atom is 0.171 e. The second-order valence-corrected chi connectivity index (χ2v) is 8.16. The van der Waals surface area contributed by atoms with Gasteiger partial charge in [0.15, 0.2) is 5.65 Å². The fourth-order valence-electron chi connectivity index (χ4n) is 3.38. The van der Waals surface area contributed by atoms with E-state index in [4.69, 9.17) is 4.98 Å². The highest BCUT2D eigenvalue weighted by Crippen LogP contribution is 2.26. The molecule has 0 bridgehead atoms. The van der Waals surface area contributed by atoms with Crippen molar-refractivity contribution >= 4 is 39.6 Å². The van der Waals surface area contributed by atoms with Gasteiger partial charge in [-0.15, -0.1) is 0 Å². The first-order valence-corrected chi connectivity index (χ1v) is 10.8. The average molecular weight is 514 g/mol. The van der Waals surface area contributed by atoms with Crippen LogP contribution in [0.3, 0.4) is 0 Å². The van der Waals surface area contributed by atoms with Gasteiger partial charge in [-0.2, -0.15) is 9.61 Å². The number of allylic oxidation sites excluding steroid dienone is 1. The van der Waals surface area contributed by atoms with Crippen LogP contribution in [0, 0.1) is 10.5 Å². The molecule has 0 atom stereocenters. The maximum absolute atomic E-state index is 9.61. The van der Waals surface area contributed by atoms with E-state index in [2.05, 4.69) is 56.2 Å². The average Bonchev–Trinajstić information content (AvgIpc) is 3.31. The number of anilines is 1. The third-order valence-corrected chi connectivity index (χ3v) is 6.30. The van der Waals surface area contributed by atoms with E-state index in [0.29, 0.717) is 13.0 Å². The van der Waals surface area contributed by atoms with E-state index in [0.717, 1.165) is 55.2 Å². The molecule has 154 valence electrons. The Morgan fingerprint density at radius 1 is 1.30 bits per heavy atom. The summed E-state index contributed by atoms with van der Waals surface area (Å²) in [6.07, 6.45) is 5.57. The molecule has 3 heterocycles. The van der Waals surface area contributed by atoms with E-state index in [9.17, 15) is 5.11 Å². The molecule has 3 aromatic heterocycles. The van der Waals surface area contributed by atoms with Gasteiger partial charge < -0.3 is 15.0 Å². The molecule has 0 saturated carbocycles. The van der Waals surface area contributed by atoms with Crippen LogP contribution in [0.1, 0.15) is 30.3 Å². The molecule has 2 N–H and O–H groups in total. The number of fused-ring (bicyclic) bond motifs is 1. The zero-order valence-electron chi connectivity index (χ0n) is 17.1. The number of aromatic nitrogens is 5. The summed E-state index contributed by atoms with van der Waals surface area (Å²) in [5.41, 5.74) is 5.44. The van der Waals surface area contributed by atoms with Crippen LogP contribution in [0.25, 0.3) is 22.6 Å². The van der Waals surface area contributed by atoms with Crippen LogP contribution in [0.2, 0.25) is 0 Å². The van der Waals surface area contributed by atoms with Crippen molar-refractivity contribution in [3.05, 3.63) is 69.5 Å². The van der Waals surface area contributed by atoms with Crippen LogP contribution in [-0.2, 0) is 13.6 Å². The summed E-state index contributed by atoms with van der Waals surface area (Å²) in [6, 6.07) is 10.3. The molecular formula is C22H23IN6O. The zero-order valence-corrected chi connectivity index (χ0v) is 19.3. The van der Waals surface area contributed by atoms with Gasteiger partial charge in [0.1, 0.15) is 11.6 Å². The number of rotatable bonds is 6. The van der Waals surface area contributed by atoms with Crippen LogP contribution in [0.4, 0.5) is 5.82 Å². The second kappa shape index (κ2) is 8.47. The Kier molecular flexibility index (Phi) is 5.76. The number of hydrogen-bond acceptors (Lipinski definition) is 5. The number of aryl methyl sites for hydroxylation is 2. The molecule has 0 aliphatic carbocycles. The summed E-state index contributed by atoms with van der Waals surface area (Å²) in [7, 11) is 1.99. The Labute approximate surface area is 188 Å². The predicted octanol–water partition coefficient (Wildman–Crippen LogP) is 4.96. The van der Waals surface area contributed by atoms with E-state index in [1.165, 1.54) is 0 Å². The van der Waals surface area contributed by atoms with Gasteiger partial charge in [0.25, 0.3) is 0 Å². The highest BCUT2D eigenvalue weighted by molar-refractivity contribution is 14.1. The van der Waals surface area contributed by atoms with Gasteiger partial charge >= 0.3 is 0 Å². The zero-order chi connectivity index (χ0) is 21.3. The maximum atomic E-state index is 9.61. The number of imidazole rings is 1. The molecule has 0 unspecified atom stereocenters. The Balaban J connectivity index is 1.69. The molecule has 4 rings (SSSR count). The van der Waals surface area contributed by atoms with E-state index >= 15 is 0 Å². The number of nitrogens with zero attached hydrogens (tertiary/aromatic N) is 5. The van der Waals surface area contributed by atoms with Crippen molar-refractivity contribution in [2.24, 2.45) is 7.05 Å². The van der Waals surface area contributed by atoms with Gasteiger partial charge in [0, 0.05) is 43.2 Å². The van der Waals surface area contributed by atoms with Crippen molar-refractivity contribution in [3.8, 4) is 11.4 Å². The Morgan fingerprint density at radius 2 is 2.13 bits per heavy atom. The molecule has 30 heavy (non-hydrogen) atoms. The molecule has 1 aromatic carbocycles. The topological polar surface area (TPSA) is 80.3 Å². The normalized spacial score (nSPS) is 11.9. The van der Waals surface area contributed by atoms with Gasteiger partial charge in [-0.1, -0.05) is 25.1 Å². The monoisotopic (exact) mass is 514 g/mol. The molecule has 0 fully saturated rings. The summed E-state index contributed by atoms with van der Waals surface area (Å²) in [4.78, 5) is 9.16. The van der Waals surface area contributed by atoms with Crippen LogP contribution in [0.5, 0.6) is 0 Å². The minimum absolute atomic E-state index is 0.622. The number of hydrogen-bond donors (Lipinski definition) is 2. The Hall–Kier alpha value is -2.88. The minimum Gasteiger partial charge on any atom is -0.515 e. The van der Waals surface area contributed by atoms with E-state index in [-0.39, 0.29) is 0 Å². The van der Waals surface area contributed by atoms with Crippen molar-refractivity contribution in [3.63, 3.8) is 0 Å². The van der Waals surface area contributed by atoms with Crippen molar-refractivity contribution in [2.75, 3.05) is 5.32 Å². The highest BCUT2D eigenvalue weighted by Gasteiger charge is 2.15. The number of nitrogens with one attached hydrogen (secondary N) is 1. The molecule has 0 spiro atoms. The molecule has 0 amide bonds. The fourth-order valence-corrected chi connectivity index (χ4v) is 3.84. The predicted molar refractivity (Wildman–Crippen MR) is 127 cm³/mol. The van der Waals surface area contributed by atoms with E-state index in [1.54, 1.807) is 6.20 Å². The van der Waals surface area contributed by atoms with Crippen LogP contribution in [0.15, 0.2) is 49.0 Å². The smallest absolute Gasteiger partial charge is 0.171 e. The van der Waals surface area contributed by atoms with Crippen molar-refractivity contribution in [1.82, 2.24) is 24.1 Å². The van der Waals surface area contributed by atoms with Gasteiger partial charge in [-0.3, -0.25) is 0 Å². The molecule has 8 heteroatoms. The SMILES string of the molecule is CCC(=CO)c1cc(NCc2cccc(-c3nccn3C)c2)n2nc(C)c(I)c2n1. The number of aliphatic hydroxyl groups is 1. The standard InChI is InChI=1S/C22H23IN6O/c1-4-16(13-30)18-11-19(29-22(26-18)20(23)14(2)27-29)25-12-15-6-5-7-17(10-15)21-24-8-9-28(21)3/h5-11,13,25,30H,4,12H2,1-3H3. The Bertz CT molecular complexity index is 1240. The first-order valence-electron chi connectivity index (χ1n) is 9.71. The summed E-state index contributed by atoms with van der Waals surface area (Å²) >= 11 is 2.27. The molecule has 0 aliphatic rings. The van der Waals surface area contributed by atoms with Gasteiger partial charge in [-0.05, 0) is 47.6 Å².